The molecule has 0 atom stereocenters. The minimum Gasteiger partial charge on any atom is -0.306 e. The number of anilines is 1. The summed E-state index contributed by atoms with van der Waals surface area (Å²) in [5, 5.41) is 9.54. The summed E-state index contributed by atoms with van der Waals surface area (Å²) >= 11 is 1.55. The molecule has 3 heterocycles. The Morgan fingerprint density at radius 1 is 1.15 bits per heavy atom. The second-order valence-electron chi connectivity index (χ2n) is 8.90. The third-order valence-corrected chi connectivity index (χ3v) is 6.12. The number of H-pyrrole nitrogens is 1. The zero-order valence-corrected chi connectivity index (χ0v) is 20.0. The fourth-order valence-electron chi connectivity index (χ4n) is 3.46. The Labute approximate surface area is 196 Å². The van der Waals surface area contributed by atoms with E-state index in [1.165, 1.54) is 10.7 Å². The summed E-state index contributed by atoms with van der Waals surface area (Å²) in [5.41, 5.74) is 2.80. The number of carbonyl (C=O) groups excluding carboxylic acids is 1. The van der Waals surface area contributed by atoms with E-state index in [1.54, 1.807) is 17.4 Å². The van der Waals surface area contributed by atoms with Gasteiger partial charge in [0.25, 0.3) is 11.5 Å². The van der Waals surface area contributed by atoms with Crippen LogP contribution in [0.15, 0.2) is 58.7 Å². The predicted octanol–water partition coefficient (Wildman–Crippen LogP) is 5.19. The van der Waals surface area contributed by atoms with Crippen molar-refractivity contribution in [3.8, 4) is 16.5 Å². The van der Waals surface area contributed by atoms with Crippen LogP contribution in [0, 0.1) is 0 Å². The molecular formula is C25H27N5O2S. The van der Waals surface area contributed by atoms with Crippen molar-refractivity contribution in [3.05, 3.63) is 81.1 Å². The summed E-state index contributed by atoms with van der Waals surface area (Å²) in [6, 6.07) is 14.8. The third-order valence-electron chi connectivity index (χ3n) is 5.23. The molecular weight excluding hydrogens is 434 g/mol. The largest absolute Gasteiger partial charge is 0.306 e. The summed E-state index contributed by atoms with van der Waals surface area (Å²) in [4.78, 5) is 33.5. The Kier molecular flexibility index (Phi) is 6.29. The number of hydrogen-bond donors (Lipinski definition) is 2. The van der Waals surface area contributed by atoms with Gasteiger partial charge in [0.1, 0.15) is 11.5 Å². The number of carbonyl (C=O) groups is 1. The molecule has 2 N–H and O–H groups in total. The fourth-order valence-corrected chi connectivity index (χ4v) is 4.15. The summed E-state index contributed by atoms with van der Waals surface area (Å²) in [6.45, 7) is 8.43. The minimum absolute atomic E-state index is 0.00425. The second kappa shape index (κ2) is 9.15. The maximum absolute atomic E-state index is 13.0. The number of aromatic nitrogens is 4. The van der Waals surface area contributed by atoms with Crippen molar-refractivity contribution in [2.75, 3.05) is 5.32 Å². The van der Waals surface area contributed by atoms with Crippen LogP contribution in [0.3, 0.4) is 0 Å². The van der Waals surface area contributed by atoms with Gasteiger partial charge in [0.15, 0.2) is 0 Å². The minimum atomic E-state index is -0.263. The van der Waals surface area contributed by atoms with Crippen LogP contribution in [0.1, 0.15) is 55.7 Å². The van der Waals surface area contributed by atoms with E-state index in [2.05, 4.69) is 41.2 Å². The van der Waals surface area contributed by atoms with Gasteiger partial charge >= 0.3 is 0 Å². The number of benzene rings is 1. The Hall–Kier alpha value is -3.52. The number of nitrogens with one attached hydrogen (secondary N) is 2. The molecule has 4 aromatic rings. The summed E-state index contributed by atoms with van der Waals surface area (Å²) < 4.78 is 1.48. The SMILES string of the molecule is CCCc1cc(=O)[nH]c(-n2nc(-c3cccs3)cc2NC(=O)c2ccc(C(C)(C)C)cc2)n1. The third kappa shape index (κ3) is 5.12. The molecule has 0 bridgehead atoms. The second-order valence-corrected chi connectivity index (χ2v) is 9.84. The van der Waals surface area contributed by atoms with E-state index in [1.807, 2.05) is 48.7 Å². The lowest BCUT2D eigenvalue weighted by atomic mass is 9.87. The molecule has 0 saturated heterocycles. The maximum atomic E-state index is 13.0. The monoisotopic (exact) mass is 461 g/mol. The lowest BCUT2D eigenvalue weighted by molar-refractivity contribution is 0.102. The van der Waals surface area contributed by atoms with E-state index in [0.29, 0.717) is 29.2 Å². The first kappa shape index (κ1) is 22.7. The summed E-state index contributed by atoms with van der Waals surface area (Å²) in [5.74, 6) is 0.439. The van der Waals surface area contributed by atoms with Crippen LogP contribution in [-0.2, 0) is 11.8 Å². The van der Waals surface area contributed by atoms with Crippen LogP contribution in [0.4, 0.5) is 5.82 Å². The molecule has 4 rings (SSSR count). The van der Waals surface area contributed by atoms with Crippen molar-refractivity contribution in [1.29, 1.82) is 0 Å². The molecule has 0 aliphatic rings. The van der Waals surface area contributed by atoms with E-state index < -0.39 is 0 Å². The standard InChI is InChI=1S/C25H27N5O2S/c1-5-7-18-14-22(31)28-24(26-18)30-21(15-19(29-30)20-8-6-13-33-20)27-23(32)16-9-11-17(12-10-16)25(2,3)4/h6,8-15H,5,7H2,1-4H3,(H,27,32)(H,26,28,31). The van der Waals surface area contributed by atoms with Gasteiger partial charge in [0, 0.05) is 23.4 Å². The molecule has 1 aromatic carbocycles. The average Bonchev–Trinajstić information content (AvgIpc) is 3.43. The molecule has 0 aliphatic heterocycles. The van der Waals surface area contributed by atoms with Crippen molar-refractivity contribution in [1.82, 2.24) is 19.7 Å². The molecule has 3 aromatic heterocycles. The van der Waals surface area contributed by atoms with Crippen LogP contribution >= 0.6 is 11.3 Å². The molecule has 0 aliphatic carbocycles. The molecule has 1 amide bonds. The van der Waals surface area contributed by atoms with Crippen molar-refractivity contribution >= 4 is 23.1 Å². The summed E-state index contributed by atoms with van der Waals surface area (Å²) in [7, 11) is 0. The number of nitrogens with zero attached hydrogens (tertiary/aromatic N) is 3. The number of aryl methyl sites for hydroxylation is 1. The molecule has 0 radical (unpaired) electrons. The molecule has 170 valence electrons. The number of rotatable bonds is 6. The highest BCUT2D eigenvalue weighted by molar-refractivity contribution is 7.13. The van der Waals surface area contributed by atoms with Gasteiger partial charge in [-0.05, 0) is 41.0 Å². The van der Waals surface area contributed by atoms with E-state index in [-0.39, 0.29) is 22.8 Å². The zero-order valence-electron chi connectivity index (χ0n) is 19.2. The molecule has 0 unspecified atom stereocenters. The average molecular weight is 462 g/mol. The zero-order chi connectivity index (χ0) is 23.6. The quantitative estimate of drug-likeness (QED) is 0.413. The first-order valence-electron chi connectivity index (χ1n) is 10.9. The van der Waals surface area contributed by atoms with Crippen molar-refractivity contribution in [3.63, 3.8) is 0 Å². The van der Waals surface area contributed by atoms with Gasteiger partial charge in [-0.15, -0.1) is 11.3 Å². The van der Waals surface area contributed by atoms with E-state index in [9.17, 15) is 9.59 Å². The van der Waals surface area contributed by atoms with Crippen molar-refractivity contribution < 1.29 is 4.79 Å². The Morgan fingerprint density at radius 3 is 2.55 bits per heavy atom. The van der Waals surface area contributed by atoms with Gasteiger partial charge in [0.05, 0.1) is 4.88 Å². The lowest BCUT2D eigenvalue weighted by Gasteiger charge is -2.19. The lowest BCUT2D eigenvalue weighted by Crippen LogP contribution is -2.19. The first-order chi connectivity index (χ1) is 15.7. The topological polar surface area (TPSA) is 92.7 Å². The van der Waals surface area contributed by atoms with Gasteiger partial charge < -0.3 is 5.32 Å². The Morgan fingerprint density at radius 2 is 1.91 bits per heavy atom. The fraction of sp³-hybridized carbons (Fsp3) is 0.280. The van der Waals surface area contributed by atoms with Crippen molar-refractivity contribution in [2.45, 2.75) is 46.0 Å². The van der Waals surface area contributed by atoms with E-state index in [0.717, 1.165) is 16.9 Å². The van der Waals surface area contributed by atoms with Gasteiger partial charge in [-0.3, -0.25) is 14.6 Å². The molecule has 8 heteroatoms. The number of hydrogen-bond acceptors (Lipinski definition) is 5. The summed E-state index contributed by atoms with van der Waals surface area (Å²) in [6.07, 6.45) is 1.54. The smallest absolute Gasteiger partial charge is 0.256 e. The maximum Gasteiger partial charge on any atom is 0.256 e. The highest BCUT2D eigenvalue weighted by Gasteiger charge is 2.18. The van der Waals surface area contributed by atoms with Crippen LogP contribution in [0.5, 0.6) is 0 Å². The molecule has 0 saturated carbocycles. The number of amides is 1. The van der Waals surface area contributed by atoms with Crippen molar-refractivity contribution in [2.24, 2.45) is 0 Å². The number of thiophene rings is 1. The van der Waals surface area contributed by atoms with E-state index in [4.69, 9.17) is 0 Å². The highest BCUT2D eigenvalue weighted by atomic mass is 32.1. The van der Waals surface area contributed by atoms with Gasteiger partial charge in [-0.25, -0.2) is 4.98 Å². The van der Waals surface area contributed by atoms with Gasteiger partial charge in [0.2, 0.25) is 5.95 Å². The van der Waals surface area contributed by atoms with Gasteiger partial charge in [-0.2, -0.15) is 9.78 Å². The molecule has 33 heavy (non-hydrogen) atoms. The first-order valence-corrected chi connectivity index (χ1v) is 11.8. The molecule has 0 fully saturated rings. The van der Waals surface area contributed by atoms with Crippen LogP contribution in [0.2, 0.25) is 0 Å². The van der Waals surface area contributed by atoms with Crippen LogP contribution < -0.4 is 10.9 Å². The molecule has 7 nitrogen and oxygen atoms in total. The van der Waals surface area contributed by atoms with E-state index >= 15 is 0 Å². The van der Waals surface area contributed by atoms with Gasteiger partial charge in [-0.1, -0.05) is 52.3 Å². The van der Waals surface area contributed by atoms with Crippen LogP contribution in [-0.4, -0.2) is 25.7 Å². The van der Waals surface area contributed by atoms with Crippen LogP contribution in [0.25, 0.3) is 16.5 Å². The predicted molar refractivity (Wildman–Crippen MR) is 132 cm³/mol. The Balaban J connectivity index is 1.72. The number of aromatic amines is 1. The normalized spacial score (nSPS) is 11.5. The molecule has 0 spiro atoms. The highest BCUT2D eigenvalue weighted by Crippen LogP contribution is 2.28. The Bertz CT molecular complexity index is 1310.